The molecule has 2 heterocycles. The molecule has 0 saturated heterocycles. The summed E-state index contributed by atoms with van der Waals surface area (Å²) in [6.45, 7) is 7.61. The third kappa shape index (κ3) is 5.02. The van der Waals surface area contributed by atoms with Gasteiger partial charge >= 0.3 is 0 Å². The van der Waals surface area contributed by atoms with Crippen LogP contribution < -0.4 is 10.7 Å². The first kappa shape index (κ1) is 24.3. The minimum absolute atomic E-state index is 0.0347. The van der Waals surface area contributed by atoms with Crippen molar-refractivity contribution in [3.8, 4) is 0 Å². The average molecular weight is 490 g/mol. The van der Waals surface area contributed by atoms with Crippen LogP contribution in [0.3, 0.4) is 0 Å². The van der Waals surface area contributed by atoms with Gasteiger partial charge in [-0.15, -0.1) is 0 Å². The molecule has 35 heavy (non-hydrogen) atoms. The molecule has 0 aliphatic heterocycles. The number of nitrogens with zero attached hydrogens (tertiary/aromatic N) is 2. The minimum Gasteiger partial charge on any atom is -0.350 e. The van der Waals surface area contributed by atoms with Crippen LogP contribution in [0.5, 0.6) is 0 Å². The summed E-state index contributed by atoms with van der Waals surface area (Å²) in [5, 5.41) is 2.99. The molecule has 0 radical (unpaired) electrons. The van der Waals surface area contributed by atoms with Gasteiger partial charge in [-0.1, -0.05) is 35.9 Å². The monoisotopic (exact) mass is 489 g/mol. The van der Waals surface area contributed by atoms with Crippen molar-refractivity contribution in [1.82, 2.24) is 14.9 Å². The van der Waals surface area contributed by atoms with Crippen LogP contribution in [-0.4, -0.2) is 23.9 Å². The van der Waals surface area contributed by atoms with Gasteiger partial charge in [0, 0.05) is 18.4 Å². The fourth-order valence-corrected chi connectivity index (χ4v) is 5.22. The number of hydrogen-bond acceptors (Lipinski definition) is 5. The Labute approximate surface area is 204 Å². The summed E-state index contributed by atoms with van der Waals surface area (Å²) in [4.78, 5) is 30.1. The molecule has 4 rings (SSSR count). The van der Waals surface area contributed by atoms with Gasteiger partial charge in [-0.2, -0.15) is 0 Å². The Morgan fingerprint density at radius 1 is 0.943 bits per heavy atom. The Bertz CT molecular complexity index is 1600. The fraction of sp³-hybridized carbons (Fsp3) is 0.222. The number of hydrogen-bond donors (Lipinski definition) is 1. The van der Waals surface area contributed by atoms with Crippen LogP contribution in [0.15, 0.2) is 75.4 Å². The summed E-state index contributed by atoms with van der Waals surface area (Å²) in [5.41, 5.74) is 4.10. The number of pyridine rings is 2. The summed E-state index contributed by atoms with van der Waals surface area (Å²) >= 11 is 0. The number of aryl methyl sites for hydroxylation is 4. The SMILES string of the molecule is Cc1ccc(CNC(=O)Cn2cc(S(=O)(=O)c3ccc(C)c(C)c3)c(=O)c3ccc(C)nc32)cc1. The van der Waals surface area contributed by atoms with Gasteiger partial charge in [-0.05, 0) is 68.7 Å². The summed E-state index contributed by atoms with van der Waals surface area (Å²) in [5.74, 6) is -0.326. The number of carbonyl (C=O) groups excluding carboxylic acids is 1. The van der Waals surface area contributed by atoms with Crippen molar-refractivity contribution < 1.29 is 13.2 Å². The van der Waals surface area contributed by atoms with Crippen molar-refractivity contribution in [3.05, 3.63) is 99.0 Å². The highest BCUT2D eigenvalue weighted by molar-refractivity contribution is 7.91. The normalized spacial score (nSPS) is 11.5. The highest BCUT2D eigenvalue weighted by Gasteiger charge is 2.25. The molecule has 0 atom stereocenters. The molecule has 0 aliphatic carbocycles. The largest absolute Gasteiger partial charge is 0.350 e. The maximum atomic E-state index is 13.5. The van der Waals surface area contributed by atoms with Crippen LogP contribution in [0, 0.1) is 27.7 Å². The van der Waals surface area contributed by atoms with Crippen LogP contribution in [0.4, 0.5) is 0 Å². The summed E-state index contributed by atoms with van der Waals surface area (Å²) in [6.07, 6.45) is 1.23. The molecule has 0 aliphatic rings. The van der Waals surface area contributed by atoms with Crippen molar-refractivity contribution in [2.75, 3.05) is 0 Å². The second-order valence-corrected chi connectivity index (χ2v) is 10.7. The number of aromatic nitrogens is 2. The summed E-state index contributed by atoms with van der Waals surface area (Å²) in [6, 6.07) is 15.8. The van der Waals surface area contributed by atoms with Crippen LogP contribution in [0.2, 0.25) is 0 Å². The van der Waals surface area contributed by atoms with E-state index in [4.69, 9.17) is 0 Å². The molecule has 0 fully saturated rings. The van der Waals surface area contributed by atoms with E-state index in [1.54, 1.807) is 31.2 Å². The standard InChI is InChI=1S/C27H27N3O4S/c1-17-5-9-21(10-6-17)14-28-25(31)16-30-15-24(26(32)23-12-8-20(4)29-27(23)30)35(33,34)22-11-7-18(2)19(3)13-22/h5-13,15H,14,16H2,1-4H3,(H,28,31). The fourth-order valence-electron chi connectivity index (χ4n) is 3.77. The van der Waals surface area contributed by atoms with E-state index in [0.29, 0.717) is 12.2 Å². The zero-order chi connectivity index (χ0) is 25.3. The topological polar surface area (TPSA) is 98.1 Å². The second-order valence-electron chi connectivity index (χ2n) is 8.79. The first-order valence-corrected chi connectivity index (χ1v) is 12.7. The molecule has 0 spiro atoms. The first-order chi connectivity index (χ1) is 16.6. The molecular weight excluding hydrogens is 462 g/mol. The third-order valence-electron chi connectivity index (χ3n) is 6.03. The maximum Gasteiger partial charge on any atom is 0.240 e. The third-order valence-corrected chi connectivity index (χ3v) is 7.77. The van der Waals surface area contributed by atoms with Gasteiger partial charge in [-0.3, -0.25) is 9.59 Å². The van der Waals surface area contributed by atoms with Crippen LogP contribution in [-0.2, 0) is 27.7 Å². The highest BCUT2D eigenvalue weighted by Crippen LogP contribution is 2.23. The molecule has 4 aromatic rings. The predicted molar refractivity (Wildman–Crippen MR) is 135 cm³/mol. The summed E-state index contributed by atoms with van der Waals surface area (Å²) in [7, 11) is -4.12. The van der Waals surface area contributed by atoms with Crippen molar-refractivity contribution >= 4 is 26.8 Å². The Hall–Kier alpha value is -3.78. The molecule has 0 unspecified atom stereocenters. The predicted octanol–water partition coefficient (Wildman–Crippen LogP) is 3.78. The highest BCUT2D eigenvalue weighted by atomic mass is 32.2. The van der Waals surface area contributed by atoms with Gasteiger partial charge in [0.2, 0.25) is 21.2 Å². The van der Waals surface area contributed by atoms with E-state index in [1.807, 2.05) is 45.0 Å². The van der Waals surface area contributed by atoms with Crippen molar-refractivity contribution in [2.45, 2.75) is 50.6 Å². The van der Waals surface area contributed by atoms with E-state index in [2.05, 4.69) is 10.3 Å². The number of sulfone groups is 1. The Balaban J connectivity index is 1.75. The molecule has 0 saturated carbocycles. The van der Waals surface area contributed by atoms with Crippen LogP contribution >= 0.6 is 0 Å². The Morgan fingerprint density at radius 2 is 1.66 bits per heavy atom. The Kier molecular flexibility index (Phi) is 6.58. The number of amides is 1. The lowest BCUT2D eigenvalue weighted by Crippen LogP contribution is -2.29. The molecule has 8 heteroatoms. The molecule has 2 aromatic carbocycles. The maximum absolute atomic E-state index is 13.5. The molecule has 0 bridgehead atoms. The van der Waals surface area contributed by atoms with E-state index >= 15 is 0 Å². The van der Waals surface area contributed by atoms with Crippen LogP contribution in [0.25, 0.3) is 11.0 Å². The van der Waals surface area contributed by atoms with E-state index < -0.39 is 15.3 Å². The molecule has 180 valence electrons. The molecule has 1 amide bonds. The lowest BCUT2D eigenvalue weighted by Gasteiger charge is -2.14. The van der Waals surface area contributed by atoms with Gasteiger partial charge < -0.3 is 9.88 Å². The van der Waals surface area contributed by atoms with Gasteiger partial charge in [0.25, 0.3) is 0 Å². The second kappa shape index (κ2) is 9.46. The Morgan fingerprint density at radius 3 is 2.34 bits per heavy atom. The van der Waals surface area contributed by atoms with E-state index in [0.717, 1.165) is 22.3 Å². The van der Waals surface area contributed by atoms with E-state index in [-0.39, 0.29) is 33.3 Å². The lowest BCUT2D eigenvalue weighted by atomic mass is 10.1. The van der Waals surface area contributed by atoms with Crippen molar-refractivity contribution in [3.63, 3.8) is 0 Å². The number of nitrogens with one attached hydrogen (secondary N) is 1. The molecule has 7 nitrogen and oxygen atoms in total. The van der Waals surface area contributed by atoms with E-state index in [1.165, 1.54) is 16.8 Å². The zero-order valence-electron chi connectivity index (χ0n) is 20.1. The van der Waals surface area contributed by atoms with Gasteiger partial charge in [0.05, 0.1) is 10.3 Å². The van der Waals surface area contributed by atoms with Gasteiger partial charge in [-0.25, -0.2) is 13.4 Å². The minimum atomic E-state index is -4.12. The zero-order valence-corrected chi connectivity index (χ0v) is 20.9. The lowest BCUT2D eigenvalue weighted by molar-refractivity contribution is -0.121. The van der Waals surface area contributed by atoms with Crippen molar-refractivity contribution in [2.24, 2.45) is 0 Å². The van der Waals surface area contributed by atoms with Crippen LogP contribution in [0.1, 0.15) is 27.9 Å². The quantitative estimate of drug-likeness (QED) is 0.445. The number of fused-ring (bicyclic) bond motifs is 1. The van der Waals surface area contributed by atoms with Gasteiger partial charge in [0.1, 0.15) is 17.1 Å². The number of rotatable bonds is 6. The number of benzene rings is 2. The molecule has 2 aromatic heterocycles. The smallest absolute Gasteiger partial charge is 0.240 e. The number of carbonyl (C=O) groups is 1. The van der Waals surface area contributed by atoms with E-state index in [9.17, 15) is 18.0 Å². The molecular formula is C27H27N3O4S. The summed E-state index contributed by atoms with van der Waals surface area (Å²) < 4.78 is 28.4. The molecule has 1 N–H and O–H groups in total. The van der Waals surface area contributed by atoms with Gasteiger partial charge in [0.15, 0.2) is 0 Å². The average Bonchev–Trinajstić information content (AvgIpc) is 2.82. The van der Waals surface area contributed by atoms with Crippen molar-refractivity contribution in [1.29, 1.82) is 0 Å². The first-order valence-electron chi connectivity index (χ1n) is 11.2.